The van der Waals surface area contributed by atoms with Crippen molar-refractivity contribution in [2.24, 2.45) is 0 Å². The van der Waals surface area contributed by atoms with Gasteiger partial charge in [0.1, 0.15) is 0 Å². The summed E-state index contributed by atoms with van der Waals surface area (Å²) in [5.41, 5.74) is 0. The molecule has 0 aliphatic carbocycles. The molecule has 0 saturated carbocycles. The van der Waals surface area contributed by atoms with Gasteiger partial charge in [0, 0.05) is 0 Å². The van der Waals surface area contributed by atoms with Crippen molar-refractivity contribution in [3.05, 3.63) is 0 Å². The number of likely N-dealkylation sites (tertiary alicyclic amines) is 1. The Morgan fingerprint density at radius 3 is 2.17 bits per heavy atom. The molecule has 1 saturated heterocycles. The second kappa shape index (κ2) is 5.61. The van der Waals surface area contributed by atoms with E-state index in [9.17, 15) is 0 Å². The maximum Gasteiger partial charge on any atom is 0.0736 e. The lowest BCUT2D eigenvalue weighted by Crippen LogP contribution is -2.43. The molecule has 1 nitrogen and oxygen atoms in total. The van der Waals surface area contributed by atoms with Crippen LogP contribution in [0.3, 0.4) is 0 Å². The number of hydrogen-bond acceptors (Lipinski definition) is 1. The van der Waals surface area contributed by atoms with E-state index in [-0.39, 0.29) is 21.4 Å². The second-order valence-electron chi connectivity index (χ2n) is 3.54. The molecule has 0 aromatic rings. The van der Waals surface area contributed by atoms with Crippen LogP contribution in [0.1, 0.15) is 39.5 Å². The molecule has 0 aromatic carbocycles. The van der Waals surface area contributed by atoms with Gasteiger partial charge in [0.05, 0.1) is 4.45 Å². The van der Waals surface area contributed by atoms with Crippen LogP contribution in [0.5, 0.6) is 0 Å². The normalized spacial score (nSPS) is 24.2. The average molecular weight is 301 g/mol. The van der Waals surface area contributed by atoms with Gasteiger partial charge < -0.3 is 0 Å². The first-order valence-electron chi connectivity index (χ1n) is 4.61. The summed E-state index contributed by atoms with van der Waals surface area (Å²) in [5.74, 6) is 0. The summed E-state index contributed by atoms with van der Waals surface area (Å²) in [7, 11) is 0. The van der Waals surface area contributed by atoms with Crippen molar-refractivity contribution in [1.82, 2.24) is 4.90 Å². The van der Waals surface area contributed by atoms with Crippen molar-refractivity contribution in [1.29, 1.82) is 0 Å². The minimum Gasteiger partial charge on any atom is -0.289 e. The number of rotatable bonds is 2. The third-order valence-electron chi connectivity index (χ3n) is 2.66. The zero-order chi connectivity index (χ0) is 8.32. The zero-order valence-corrected chi connectivity index (χ0v) is 11.3. The Bertz CT molecular complexity index is 120. The van der Waals surface area contributed by atoms with Crippen LogP contribution in [0.4, 0.5) is 0 Å². The van der Waals surface area contributed by atoms with E-state index in [4.69, 9.17) is 0 Å². The van der Waals surface area contributed by atoms with Gasteiger partial charge in [-0.15, -0.1) is 17.0 Å². The zero-order valence-electron chi connectivity index (χ0n) is 7.98. The van der Waals surface area contributed by atoms with Gasteiger partial charge in [-0.05, 0) is 39.3 Å². The molecule has 1 rings (SSSR count). The fourth-order valence-electron chi connectivity index (χ4n) is 1.58. The Morgan fingerprint density at radius 2 is 1.75 bits per heavy atom. The van der Waals surface area contributed by atoms with Crippen molar-refractivity contribution >= 4 is 32.9 Å². The molecule has 0 spiro atoms. The van der Waals surface area contributed by atoms with E-state index in [1.54, 1.807) is 0 Å². The standard InChI is InChI=1S/C9H18BrN.BrH/c1-3-9(2,10)11-7-5-4-6-8-11;/h3-8H2,1-2H3;1H. The van der Waals surface area contributed by atoms with Gasteiger partial charge >= 0.3 is 0 Å². The molecule has 1 unspecified atom stereocenters. The first kappa shape index (κ1) is 12.9. The van der Waals surface area contributed by atoms with Gasteiger partial charge in [-0.3, -0.25) is 4.90 Å². The predicted octanol–water partition coefficient (Wildman–Crippen LogP) is 3.57. The van der Waals surface area contributed by atoms with Gasteiger partial charge in [0.25, 0.3) is 0 Å². The lowest BCUT2D eigenvalue weighted by molar-refractivity contribution is 0.151. The van der Waals surface area contributed by atoms with E-state index in [0.717, 1.165) is 0 Å². The first-order valence-corrected chi connectivity index (χ1v) is 5.40. The molecule has 0 amide bonds. The highest BCUT2D eigenvalue weighted by atomic mass is 79.9. The van der Waals surface area contributed by atoms with Gasteiger partial charge in [0.2, 0.25) is 0 Å². The summed E-state index contributed by atoms with van der Waals surface area (Å²) in [5, 5.41) is 0. The molecule has 3 heteroatoms. The number of halogens is 2. The van der Waals surface area contributed by atoms with Gasteiger partial charge in [-0.1, -0.05) is 29.3 Å². The van der Waals surface area contributed by atoms with Gasteiger partial charge in [-0.25, -0.2) is 0 Å². The summed E-state index contributed by atoms with van der Waals surface area (Å²) in [6.07, 6.45) is 5.36. The molecule has 1 heterocycles. The minimum atomic E-state index is 0. The highest BCUT2D eigenvalue weighted by Gasteiger charge is 2.27. The van der Waals surface area contributed by atoms with Crippen LogP contribution in [-0.4, -0.2) is 22.4 Å². The summed E-state index contributed by atoms with van der Waals surface area (Å²) in [6.45, 7) is 7.06. The van der Waals surface area contributed by atoms with Crippen molar-refractivity contribution < 1.29 is 0 Å². The monoisotopic (exact) mass is 299 g/mol. The molecular weight excluding hydrogens is 282 g/mol. The van der Waals surface area contributed by atoms with Gasteiger partial charge in [-0.2, -0.15) is 0 Å². The Balaban J connectivity index is 0.00000121. The third kappa shape index (κ3) is 3.35. The molecule has 1 aliphatic rings. The fraction of sp³-hybridized carbons (Fsp3) is 1.00. The predicted molar refractivity (Wildman–Crippen MR) is 63.4 cm³/mol. The summed E-state index contributed by atoms with van der Waals surface area (Å²) < 4.78 is 0.257. The highest BCUT2D eigenvalue weighted by Crippen LogP contribution is 2.29. The lowest BCUT2D eigenvalue weighted by Gasteiger charge is -2.38. The Labute approximate surface area is 94.8 Å². The quantitative estimate of drug-likeness (QED) is 0.557. The number of alkyl halides is 1. The van der Waals surface area contributed by atoms with Crippen molar-refractivity contribution in [2.45, 2.75) is 44.0 Å². The molecule has 0 aromatic heterocycles. The van der Waals surface area contributed by atoms with Crippen LogP contribution >= 0.6 is 32.9 Å². The molecule has 1 atom stereocenters. The van der Waals surface area contributed by atoms with E-state index in [1.165, 1.54) is 38.8 Å². The lowest BCUT2D eigenvalue weighted by atomic mass is 10.1. The van der Waals surface area contributed by atoms with Crippen molar-refractivity contribution in [2.75, 3.05) is 13.1 Å². The fourth-order valence-corrected chi connectivity index (χ4v) is 1.94. The molecule has 0 N–H and O–H groups in total. The Morgan fingerprint density at radius 1 is 1.25 bits per heavy atom. The maximum atomic E-state index is 3.77. The molecular formula is C9H19Br2N. The van der Waals surface area contributed by atoms with Crippen LogP contribution in [0.2, 0.25) is 0 Å². The molecule has 0 bridgehead atoms. The smallest absolute Gasteiger partial charge is 0.0736 e. The SMILES string of the molecule is Br.CCC(C)(Br)N1CCCCC1. The third-order valence-corrected chi connectivity index (χ3v) is 3.72. The summed E-state index contributed by atoms with van der Waals surface area (Å²) in [6, 6.07) is 0. The van der Waals surface area contributed by atoms with Crippen molar-refractivity contribution in [3.8, 4) is 0 Å². The Hall–Kier alpha value is 0.920. The minimum absolute atomic E-state index is 0. The summed E-state index contributed by atoms with van der Waals surface area (Å²) in [4.78, 5) is 2.55. The number of hydrogen-bond donors (Lipinski definition) is 0. The van der Waals surface area contributed by atoms with E-state index in [0.29, 0.717) is 0 Å². The highest BCUT2D eigenvalue weighted by molar-refractivity contribution is 9.10. The Kier molecular flexibility index (Phi) is 6.04. The first-order chi connectivity index (χ1) is 5.17. The van der Waals surface area contributed by atoms with Gasteiger partial charge in [0.15, 0.2) is 0 Å². The van der Waals surface area contributed by atoms with Crippen molar-refractivity contribution in [3.63, 3.8) is 0 Å². The number of nitrogens with zero attached hydrogens (tertiary/aromatic N) is 1. The van der Waals surface area contributed by atoms with Crippen LogP contribution < -0.4 is 0 Å². The average Bonchev–Trinajstić information content (AvgIpc) is 2.06. The van der Waals surface area contributed by atoms with E-state index in [1.807, 2.05) is 0 Å². The van der Waals surface area contributed by atoms with E-state index >= 15 is 0 Å². The largest absolute Gasteiger partial charge is 0.289 e. The topological polar surface area (TPSA) is 3.24 Å². The van der Waals surface area contributed by atoms with Crippen LogP contribution in [0.15, 0.2) is 0 Å². The van der Waals surface area contributed by atoms with E-state index < -0.39 is 0 Å². The molecule has 1 fully saturated rings. The molecule has 0 radical (unpaired) electrons. The maximum absolute atomic E-state index is 3.77. The number of piperidine rings is 1. The van der Waals surface area contributed by atoms with Crippen LogP contribution in [-0.2, 0) is 0 Å². The molecule has 74 valence electrons. The molecule has 12 heavy (non-hydrogen) atoms. The van der Waals surface area contributed by atoms with Crippen LogP contribution in [0, 0.1) is 0 Å². The van der Waals surface area contributed by atoms with Crippen LogP contribution in [0.25, 0.3) is 0 Å². The van der Waals surface area contributed by atoms with E-state index in [2.05, 4.69) is 34.7 Å². The second-order valence-corrected chi connectivity index (χ2v) is 5.25. The summed E-state index contributed by atoms with van der Waals surface area (Å²) >= 11 is 3.77. The molecule has 1 aliphatic heterocycles.